The summed E-state index contributed by atoms with van der Waals surface area (Å²) >= 11 is 6.11. The second-order valence-electron chi connectivity index (χ2n) is 5.47. The molecule has 0 saturated carbocycles. The Balaban J connectivity index is 2.34. The Morgan fingerprint density at radius 3 is 2.56 bits per heavy atom. The molecule has 0 spiro atoms. The average molecular weight is 408 g/mol. The minimum absolute atomic E-state index is 0.109. The van der Waals surface area contributed by atoms with Gasteiger partial charge in [-0.15, -0.1) is 0 Å². The monoisotopic (exact) mass is 407 g/mol. The molecule has 0 aliphatic heterocycles. The molecule has 3 rings (SSSR count). The van der Waals surface area contributed by atoms with Gasteiger partial charge in [0.25, 0.3) is 5.78 Å². The van der Waals surface area contributed by atoms with Crippen molar-refractivity contribution in [1.29, 1.82) is 0 Å². The maximum Gasteiger partial charge on any atom is 0.408 e. The van der Waals surface area contributed by atoms with Crippen molar-refractivity contribution in [2.75, 3.05) is 12.4 Å². The molecule has 3 aromatic rings. The first kappa shape index (κ1) is 19.1. The zero-order valence-corrected chi connectivity index (χ0v) is 14.5. The van der Waals surface area contributed by atoms with E-state index < -0.39 is 23.9 Å². The summed E-state index contributed by atoms with van der Waals surface area (Å²) in [4.78, 5) is 7.67. The SMILES string of the molecule is COc1cc(F)cc(F)c1-c1c(Cl)nc2ncnn2c1NC(C)C(F)(F)F. The highest BCUT2D eigenvalue weighted by Gasteiger charge is 2.37. The van der Waals surface area contributed by atoms with E-state index in [-0.39, 0.29) is 33.6 Å². The number of nitrogens with one attached hydrogen (secondary N) is 1. The van der Waals surface area contributed by atoms with Crippen LogP contribution in [0, 0.1) is 11.6 Å². The van der Waals surface area contributed by atoms with Crippen LogP contribution < -0.4 is 10.1 Å². The normalized spacial score (nSPS) is 13.0. The summed E-state index contributed by atoms with van der Waals surface area (Å²) < 4.78 is 73.2. The van der Waals surface area contributed by atoms with E-state index in [2.05, 4.69) is 20.4 Å². The van der Waals surface area contributed by atoms with Crippen molar-refractivity contribution >= 4 is 23.2 Å². The van der Waals surface area contributed by atoms with Gasteiger partial charge >= 0.3 is 6.18 Å². The number of methoxy groups -OCH3 is 1. The molecule has 0 saturated heterocycles. The largest absolute Gasteiger partial charge is 0.496 e. The Bertz CT molecular complexity index is 1010. The van der Waals surface area contributed by atoms with E-state index >= 15 is 0 Å². The highest BCUT2D eigenvalue weighted by Crippen LogP contribution is 2.42. The smallest absolute Gasteiger partial charge is 0.408 e. The molecule has 0 amide bonds. The van der Waals surface area contributed by atoms with Gasteiger partial charge in [0.2, 0.25) is 0 Å². The molecule has 27 heavy (non-hydrogen) atoms. The molecule has 1 aromatic carbocycles. The number of fused-ring (bicyclic) bond motifs is 1. The number of nitrogens with zero attached hydrogens (tertiary/aromatic N) is 4. The van der Waals surface area contributed by atoms with E-state index in [4.69, 9.17) is 16.3 Å². The van der Waals surface area contributed by atoms with Crippen LogP contribution in [0.4, 0.5) is 27.8 Å². The van der Waals surface area contributed by atoms with E-state index in [0.29, 0.717) is 6.07 Å². The number of hydrogen-bond acceptors (Lipinski definition) is 5. The molecule has 0 radical (unpaired) electrons. The van der Waals surface area contributed by atoms with Crippen LogP contribution in [0.1, 0.15) is 6.92 Å². The van der Waals surface area contributed by atoms with Gasteiger partial charge in [-0.1, -0.05) is 11.6 Å². The van der Waals surface area contributed by atoms with Crippen molar-refractivity contribution < 1.29 is 26.7 Å². The fourth-order valence-corrected chi connectivity index (χ4v) is 2.67. The van der Waals surface area contributed by atoms with E-state index in [1.165, 1.54) is 0 Å². The maximum atomic E-state index is 14.5. The number of aromatic nitrogens is 4. The zero-order chi connectivity index (χ0) is 19.9. The van der Waals surface area contributed by atoms with Crippen molar-refractivity contribution in [3.63, 3.8) is 0 Å². The molecular weight excluding hydrogens is 397 g/mol. The number of halogens is 6. The first-order valence-electron chi connectivity index (χ1n) is 7.39. The lowest BCUT2D eigenvalue weighted by Gasteiger charge is -2.22. The molecule has 0 aliphatic rings. The first-order valence-corrected chi connectivity index (χ1v) is 7.77. The topological polar surface area (TPSA) is 64.3 Å². The molecule has 0 bridgehead atoms. The fourth-order valence-electron chi connectivity index (χ4n) is 2.41. The Hall–Kier alpha value is -2.69. The summed E-state index contributed by atoms with van der Waals surface area (Å²) in [5.41, 5.74) is -0.647. The van der Waals surface area contributed by atoms with Crippen LogP contribution in [-0.4, -0.2) is 38.9 Å². The van der Waals surface area contributed by atoms with Gasteiger partial charge in [0.15, 0.2) is 0 Å². The molecule has 12 heteroatoms. The number of hydrogen-bond donors (Lipinski definition) is 1. The minimum atomic E-state index is -4.62. The zero-order valence-electron chi connectivity index (χ0n) is 13.8. The van der Waals surface area contributed by atoms with Crippen molar-refractivity contribution in [3.05, 3.63) is 35.2 Å². The van der Waals surface area contributed by atoms with Crippen LogP contribution in [0.15, 0.2) is 18.5 Å². The summed E-state index contributed by atoms with van der Waals surface area (Å²) in [6.45, 7) is 0.860. The van der Waals surface area contributed by atoms with Crippen molar-refractivity contribution in [2.45, 2.75) is 19.1 Å². The third-order valence-corrected chi connectivity index (χ3v) is 3.99. The van der Waals surface area contributed by atoms with Crippen LogP contribution in [0.25, 0.3) is 16.9 Å². The summed E-state index contributed by atoms with van der Waals surface area (Å²) in [6.07, 6.45) is -3.57. The Morgan fingerprint density at radius 2 is 1.93 bits per heavy atom. The lowest BCUT2D eigenvalue weighted by atomic mass is 10.1. The predicted molar refractivity (Wildman–Crippen MR) is 86.8 cm³/mol. The summed E-state index contributed by atoms with van der Waals surface area (Å²) in [6, 6.07) is -0.620. The lowest BCUT2D eigenvalue weighted by Crippen LogP contribution is -2.34. The Kier molecular flexibility index (Phi) is 4.81. The van der Waals surface area contributed by atoms with Gasteiger partial charge in [-0.3, -0.25) is 0 Å². The van der Waals surface area contributed by atoms with Gasteiger partial charge < -0.3 is 10.1 Å². The summed E-state index contributed by atoms with van der Waals surface area (Å²) in [7, 11) is 1.15. The quantitative estimate of drug-likeness (QED) is 0.521. The van der Waals surface area contributed by atoms with Crippen LogP contribution in [0.2, 0.25) is 5.15 Å². The fraction of sp³-hybridized carbons (Fsp3) is 0.267. The Morgan fingerprint density at radius 1 is 1.22 bits per heavy atom. The van der Waals surface area contributed by atoms with Gasteiger partial charge in [-0.05, 0) is 6.92 Å². The van der Waals surface area contributed by atoms with Crippen LogP contribution >= 0.6 is 11.6 Å². The third kappa shape index (κ3) is 3.46. The van der Waals surface area contributed by atoms with Crippen LogP contribution in [0.5, 0.6) is 5.75 Å². The average Bonchev–Trinajstić information content (AvgIpc) is 3.02. The van der Waals surface area contributed by atoms with E-state index in [1.54, 1.807) is 0 Å². The highest BCUT2D eigenvalue weighted by molar-refractivity contribution is 6.33. The molecule has 1 atom stereocenters. The number of ether oxygens (including phenoxy) is 1. The second-order valence-corrected chi connectivity index (χ2v) is 5.83. The van der Waals surface area contributed by atoms with Crippen LogP contribution in [-0.2, 0) is 0 Å². The Labute approximate surface area is 153 Å². The number of rotatable bonds is 4. The minimum Gasteiger partial charge on any atom is -0.496 e. The molecule has 144 valence electrons. The molecule has 2 aromatic heterocycles. The highest BCUT2D eigenvalue weighted by atomic mass is 35.5. The molecule has 6 nitrogen and oxygen atoms in total. The van der Waals surface area contributed by atoms with Gasteiger partial charge in [0.1, 0.15) is 40.7 Å². The third-order valence-electron chi connectivity index (χ3n) is 3.72. The van der Waals surface area contributed by atoms with E-state index in [0.717, 1.165) is 30.9 Å². The van der Waals surface area contributed by atoms with Crippen molar-refractivity contribution in [2.24, 2.45) is 0 Å². The number of anilines is 1. The van der Waals surface area contributed by atoms with Crippen molar-refractivity contribution in [3.8, 4) is 16.9 Å². The standard InChI is InChI=1S/C15H11ClF5N5O/c1-6(15(19,20)21)24-13-11(12(16)25-14-22-5-23-26(13)14)10-8(18)3-7(17)4-9(10)27-2/h3-6,24H,1-2H3. The van der Waals surface area contributed by atoms with Gasteiger partial charge in [0.05, 0.1) is 18.2 Å². The van der Waals surface area contributed by atoms with Crippen molar-refractivity contribution in [1.82, 2.24) is 19.6 Å². The summed E-state index contributed by atoms with van der Waals surface area (Å²) in [5, 5.41) is 5.64. The van der Waals surface area contributed by atoms with Gasteiger partial charge in [-0.25, -0.2) is 8.78 Å². The van der Waals surface area contributed by atoms with E-state index in [1.807, 2.05) is 0 Å². The second kappa shape index (κ2) is 6.80. The van der Waals surface area contributed by atoms with E-state index in [9.17, 15) is 22.0 Å². The molecular formula is C15H11ClF5N5O. The molecule has 0 fully saturated rings. The predicted octanol–water partition coefficient (Wildman–Crippen LogP) is 4.09. The lowest BCUT2D eigenvalue weighted by molar-refractivity contribution is -0.138. The van der Waals surface area contributed by atoms with Crippen LogP contribution in [0.3, 0.4) is 0 Å². The van der Waals surface area contributed by atoms with Gasteiger partial charge in [-0.2, -0.15) is 32.8 Å². The summed E-state index contributed by atoms with van der Waals surface area (Å²) in [5.74, 6) is -2.74. The number of benzene rings is 1. The molecule has 1 unspecified atom stereocenters. The molecule has 2 heterocycles. The maximum absolute atomic E-state index is 14.5. The van der Waals surface area contributed by atoms with Gasteiger partial charge in [0, 0.05) is 12.1 Å². The molecule has 1 N–H and O–H groups in total. The number of alkyl halides is 3. The molecule has 0 aliphatic carbocycles. The first-order chi connectivity index (χ1) is 12.6.